The second-order valence-electron chi connectivity index (χ2n) is 3.23. The number of nitrogens with one attached hydrogen (secondary N) is 1. The van der Waals surface area contributed by atoms with Crippen LogP contribution in [0.3, 0.4) is 0 Å². The monoisotopic (exact) mass is 185 g/mol. The van der Waals surface area contributed by atoms with E-state index in [0.717, 1.165) is 16.5 Å². The number of aromatic nitrogens is 1. The van der Waals surface area contributed by atoms with E-state index in [-0.39, 0.29) is 5.78 Å². The van der Waals surface area contributed by atoms with Gasteiger partial charge in [0.2, 0.25) is 0 Å². The zero-order valence-electron chi connectivity index (χ0n) is 7.95. The third kappa shape index (κ3) is 1.59. The predicted octanol–water partition coefficient (Wildman–Crippen LogP) is 2.77. The Balaban J connectivity index is 2.51. The fourth-order valence-electron chi connectivity index (χ4n) is 1.46. The Hall–Kier alpha value is -1.83. The van der Waals surface area contributed by atoms with Crippen LogP contribution in [0.25, 0.3) is 17.0 Å². The van der Waals surface area contributed by atoms with Crippen molar-refractivity contribution >= 4 is 22.8 Å². The highest BCUT2D eigenvalue weighted by molar-refractivity contribution is 5.95. The van der Waals surface area contributed by atoms with Crippen LogP contribution in [0.2, 0.25) is 0 Å². The minimum absolute atomic E-state index is 0.0635. The van der Waals surface area contributed by atoms with Gasteiger partial charge in [-0.15, -0.1) is 0 Å². The fraction of sp³-hybridized carbons (Fsp3) is 0.0833. The zero-order chi connectivity index (χ0) is 9.97. The molecule has 0 aliphatic carbocycles. The number of benzene rings is 1. The van der Waals surface area contributed by atoms with Crippen molar-refractivity contribution in [3.63, 3.8) is 0 Å². The molecule has 1 N–H and O–H groups in total. The van der Waals surface area contributed by atoms with Crippen molar-refractivity contribution in [2.75, 3.05) is 0 Å². The lowest BCUT2D eigenvalue weighted by molar-refractivity contribution is -0.112. The molecule has 0 radical (unpaired) electrons. The first-order valence-corrected chi connectivity index (χ1v) is 4.52. The minimum Gasteiger partial charge on any atom is -0.361 e. The van der Waals surface area contributed by atoms with Gasteiger partial charge in [-0.1, -0.05) is 18.2 Å². The van der Waals surface area contributed by atoms with Crippen molar-refractivity contribution in [2.24, 2.45) is 0 Å². The molecule has 0 aliphatic rings. The van der Waals surface area contributed by atoms with Crippen LogP contribution in [-0.2, 0) is 4.79 Å². The molecular formula is C12H11NO. The Kier molecular flexibility index (Phi) is 2.19. The second-order valence-corrected chi connectivity index (χ2v) is 3.23. The number of hydrogen-bond acceptors (Lipinski definition) is 1. The summed E-state index contributed by atoms with van der Waals surface area (Å²) < 4.78 is 0. The average Bonchev–Trinajstić information content (AvgIpc) is 2.62. The third-order valence-corrected chi connectivity index (χ3v) is 2.12. The largest absolute Gasteiger partial charge is 0.361 e. The van der Waals surface area contributed by atoms with Crippen molar-refractivity contribution < 1.29 is 4.79 Å². The van der Waals surface area contributed by atoms with E-state index in [1.54, 1.807) is 13.0 Å². The average molecular weight is 185 g/mol. The molecule has 0 unspecified atom stereocenters. The molecule has 0 atom stereocenters. The van der Waals surface area contributed by atoms with Crippen molar-refractivity contribution in [1.82, 2.24) is 4.98 Å². The Morgan fingerprint density at radius 1 is 1.36 bits per heavy atom. The molecule has 0 fully saturated rings. The van der Waals surface area contributed by atoms with Crippen LogP contribution in [0.1, 0.15) is 12.5 Å². The molecule has 2 nitrogen and oxygen atoms in total. The summed E-state index contributed by atoms with van der Waals surface area (Å²) in [4.78, 5) is 13.9. The van der Waals surface area contributed by atoms with Crippen LogP contribution in [0, 0.1) is 0 Å². The van der Waals surface area contributed by atoms with E-state index in [9.17, 15) is 4.79 Å². The number of carbonyl (C=O) groups excluding carboxylic acids is 1. The van der Waals surface area contributed by atoms with Gasteiger partial charge in [0.25, 0.3) is 0 Å². The second kappa shape index (κ2) is 3.50. The molecule has 2 heteroatoms. The predicted molar refractivity (Wildman–Crippen MR) is 58.0 cm³/mol. The number of aromatic amines is 1. The van der Waals surface area contributed by atoms with Gasteiger partial charge in [-0.3, -0.25) is 4.79 Å². The maximum absolute atomic E-state index is 10.8. The summed E-state index contributed by atoms with van der Waals surface area (Å²) in [6, 6.07) is 8.02. The number of fused-ring (bicyclic) bond motifs is 1. The fourth-order valence-corrected chi connectivity index (χ4v) is 1.46. The van der Waals surface area contributed by atoms with Gasteiger partial charge in [0, 0.05) is 6.20 Å². The molecule has 0 amide bonds. The molecule has 0 saturated heterocycles. The van der Waals surface area contributed by atoms with Crippen molar-refractivity contribution in [3.8, 4) is 0 Å². The van der Waals surface area contributed by atoms with Gasteiger partial charge in [-0.25, -0.2) is 0 Å². The maximum atomic E-state index is 10.8. The molecule has 70 valence electrons. The van der Waals surface area contributed by atoms with Gasteiger partial charge in [0.05, 0.1) is 5.52 Å². The van der Waals surface area contributed by atoms with E-state index in [2.05, 4.69) is 4.98 Å². The molecular weight excluding hydrogens is 174 g/mol. The molecule has 0 aliphatic heterocycles. The lowest BCUT2D eigenvalue weighted by Gasteiger charge is -1.95. The normalized spacial score (nSPS) is 11.2. The minimum atomic E-state index is 0.0635. The Morgan fingerprint density at radius 2 is 2.21 bits per heavy atom. The van der Waals surface area contributed by atoms with Crippen LogP contribution in [0.5, 0.6) is 0 Å². The number of hydrogen-bond donors (Lipinski definition) is 1. The molecule has 2 aromatic rings. The molecule has 1 aromatic heterocycles. The molecule has 0 spiro atoms. The SMILES string of the molecule is CC(=O)C=Cc1cccc2cc[nH]c12. The maximum Gasteiger partial charge on any atom is 0.152 e. The zero-order valence-corrected chi connectivity index (χ0v) is 7.95. The third-order valence-electron chi connectivity index (χ3n) is 2.12. The summed E-state index contributed by atoms with van der Waals surface area (Å²) in [7, 11) is 0. The van der Waals surface area contributed by atoms with Gasteiger partial charge in [-0.2, -0.15) is 0 Å². The first-order chi connectivity index (χ1) is 6.77. The number of ketones is 1. The van der Waals surface area contributed by atoms with Gasteiger partial charge in [0.15, 0.2) is 5.78 Å². The summed E-state index contributed by atoms with van der Waals surface area (Å²) in [5.74, 6) is 0.0635. The highest BCUT2D eigenvalue weighted by Crippen LogP contribution is 2.17. The number of allylic oxidation sites excluding steroid dienone is 1. The highest BCUT2D eigenvalue weighted by Gasteiger charge is 1.97. The van der Waals surface area contributed by atoms with Crippen LogP contribution in [0.4, 0.5) is 0 Å². The number of rotatable bonds is 2. The van der Waals surface area contributed by atoms with Crippen LogP contribution in [0.15, 0.2) is 36.5 Å². The van der Waals surface area contributed by atoms with Gasteiger partial charge >= 0.3 is 0 Å². The number of carbonyl (C=O) groups is 1. The Bertz CT molecular complexity index is 494. The summed E-state index contributed by atoms with van der Waals surface area (Å²) in [5, 5.41) is 1.16. The molecule has 0 bridgehead atoms. The first kappa shape index (κ1) is 8.75. The first-order valence-electron chi connectivity index (χ1n) is 4.52. The summed E-state index contributed by atoms with van der Waals surface area (Å²) in [6.45, 7) is 1.55. The quantitative estimate of drug-likeness (QED) is 0.717. The van der Waals surface area contributed by atoms with Crippen molar-refractivity contribution in [3.05, 3.63) is 42.1 Å². The summed E-state index contributed by atoms with van der Waals surface area (Å²) in [6.07, 6.45) is 5.31. The lowest BCUT2D eigenvalue weighted by Crippen LogP contribution is -1.81. The van der Waals surface area contributed by atoms with E-state index in [1.165, 1.54) is 0 Å². The van der Waals surface area contributed by atoms with Crippen LogP contribution >= 0.6 is 0 Å². The van der Waals surface area contributed by atoms with Gasteiger partial charge < -0.3 is 4.98 Å². The standard InChI is InChI=1S/C12H11NO/c1-9(14)5-6-10-3-2-4-11-7-8-13-12(10)11/h2-8,13H,1H3. The molecule has 1 heterocycles. The smallest absolute Gasteiger partial charge is 0.152 e. The number of para-hydroxylation sites is 1. The molecule has 0 saturated carbocycles. The van der Waals surface area contributed by atoms with Gasteiger partial charge in [-0.05, 0) is 36.1 Å². The highest BCUT2D eigenvalue weighted by atomic mass is 16.1. The lowest BCUT2D eigenvalue weighted by atomic mass is 10.1. The van der Waals surface area contributed by atoms with Gasteiger partial charge in [0.1, 0.15) is 0 Å². The number of H-pyrrole nitrogens is 1. The van der Waals surface area contributed by atoms with Crippen LogP contribution < -0.4 is 0 Å². The van der Waals surface area contributed by atoms with Crippen molar-refractivity contribution in [1.29, 1.82) is 0 Å². The van der Waals surface area contributed by atoms with E-state index < -0.39 is 0 Å². The molecule has 2 rings (SSSR count). The van der Waals surface area contributed by atoms with E-state index in [1.807, 2.05) is 36.5 Å². The summed E-state index contributed by atoms with van der Waals surface area (Å²) in [5.41, 5.74) is 2.12. The van der Waals surface area contributed by atoms with E-state index >= 15 is 0 Å². The molecule has 14 heavy (non-hydrogen) atoms. The Labute approximate surface area is 82.3 Å². The van der Waals surface area contributed by atoms with E-state index in [0.29, 0.717) is 0 Å². The topological polar surface area (TPSA) is 32.9 Å². The van der Waals surface area contributed by atoms with E-state index in [4.69, 9.17) is 0 Å². The molecule has 1 aromatic carbocycles. The Morgan fingerprint density at radius 3 is 3.00 bits per heavy atom. The van der Waals surface area contributed by atoms with Crippen LogP contribution in [-0.4, -0.2) is 10.8 Å². The van der Waals surface area contributed by atoms with Crippen molar-refractivity contribution in [2.45, 2.75) is 6.92 Å². The summed E-state index contributed by atoms with van der Waals surface area (Å²) >= 11 is 0.